The van der Waals surface area contributed by atoms with Crippen LogP contribution in [0.15, 0.2) is 15.7 Å². The summed E-state index contributed by atoms with van der Waals surface area (Å²) in [6.45, 7) is 2.81. The van der Waals surface area contributed by atoms with Gasteiger partial charge in [0.15, 0.2) is 11.8 Å². The van der Waals surface area contributed by atoms with Crippen LogP contribution in [0.1, 0.15) is 18.8 Å². The summed E-state index contributed by atoms with van der Waals surface area (Å²) in [5, 5.41) is 30.1. The molecule has 5 atom stereocenters. The normalized spacial score (nSPS) is 33.6. The highest BCUT2D eigenvalue weighted by Crippen LogP contribution is 2.38. The smallest absolute Gasteiger partial charge is 0.330 e. The summed E-state index contributed by atoms with van der Waals surface area (Å²) in [5.41, 5.74) is -3.46. The molecule has 1 aromatic heterocycles. The van der Waals surface area contributed by atoms with Crippen LogP contribution in [0.4, 0.5) is 0 Å². The van der Waals surface area contributed by atoms with E-state index in [4.69, 9.17) is 11.2 Å². The number of nitrogens with zero attached hydrogens (tertiary/aromatic N) is 1. The number of hydrogen-bond acceptors (Lipinski definition) is 6. The van der Waals surface area contributed by atoms with E-state index in [1.165, 1.54) is 13.8 Å². The number of ether oxygens (including phenoxy) is 1. The molecule has 1 aliphatic heterocycles. The Morgan fingerprint density at radius 3 is 2.67 bits per heavy atom. The highest BCUT2D eigenvalue weighted by Gasteiger charge is 2.57. The average molecular weight is 296 g/mol. The van der Waals surface area contributed by atoms with E-state index in [-0.39, 0.29) is 5.69 Å². The summed E-state index contributed by atoms with van der Waals surface area (Å²) >= 11 is 0. The number of aliphatic hydroxyl groups excluding tert-OH is 2. The molecule has 114 valence electrons. The van der Waals surface area contributed by atoms with Gasteiger partial charge in [-0.05, 0) is 13.8 Å². The Morgan fingerprint density at radius 2 is 2.19 bits per heavy atom. The molecule has 8 heteroatoms. The maximum absolute atomic E-state index is 11.9. The number of rotatable bonds is 2. The van der Waals surface area contributed by atoms with Crippen LogP contribution in [0.5, 0.6) is 0 Å². The molecule has 8 nitrogen and oxygen atoms in total. The third-order valence-corrected chi connectivity index (χ3v) is 3.53. The molecule has 0 amide bonds. The lowest BCUT2D eigenvalue weighted by atomic mass is 9.93. The third-order valence-electron chi connectivity index (χ3n) is 3.53. The Hall–Kier alpha value is -1.92. The quantitative estimate of drug-likeness (QED) is 0.461. The van der Waals surface area contributed by atoms with Crippen molar-refractivity contribution in [3.63, 3.8) is 0 Å². The van der Waals surface area contributed by atoms with Crippen molar-refractivity contribution in [1.82, 2.24) is 9.55 Å². The summed E-state index contributed by atoms with van der Waals surface area (Å²) in [6.07, 6.45) is -0.0450. The molecular formula is C13H16N2O6. The molecule has 1 aliphatic rings. The van der Waals surface area contributed by atoms with Crippen LogP contribution in [0.2, 0.25) is 0 Å². The minimum atomic E-state index is -2.21. The number of aliphatic hydroxyl groups is 3. The van der Waals surface area contributed by atoms with E-state index in [0.29, 0.717) is 0 Å². The van der Waals surface area contributed by atoms with Crippen LogP contribution in [0.3, 0.4) is 0 Å². The van der Waals surface area contributed by atoms with Crippen LogP contribution in [0.25, 0.3) is 0 Å². The van der Waals surface area contributed by atoms with Crippen LogP contribution in [-0.2, 0) is 4.74 Å². The first-order chi connectivity index (χ1) is 9.72. The summed E-state index contributed by atoms with van der Waals surface area (Å²) in [4.78, 5) is 25.2. The molecule has 4 N–H and O–H groups in total. The number of aromatic nitrogens is 2. The number of hydrogen-bond donors (Lipinski definition) is 4. The molecule has 0 saturated carbocycles. The molecule has 1 aromatic rings. The van der Waals surface area contributed by atoms with Gasteiger partial charge in [0.25, 0.3) is 5.56 Å². The Kier molecular flexibility index (Phi) is 3.78. The van der Waals surface area contributed by atoms with Crippen LogP contribution in [0, 0.1) is 19.3 Å². The van der Waals surface area contributed by atoms with Gasteiger partial charge in [0, 0.05) is 11.8 Å². The minimum Gasteiger partial charge on any atom is -0.391 e. The number of terminal acetylenes is 1. The van der Waals surface area contributed by atoms with E-state index in [0.717, 1.165) is 10.6 Å². The van der Waals surface area contributed by atoms with Crippen molar-refractivity contribution in [3.05, 3.63) is 32.6 Å². The van der Waals surface area contributed by atoms with Gasteiger partial charge in [-0.15, -0.1) is 6.42 Å². The summed E-state index contributed by atoms with van der Waals surface area (Å²) in [6, 6.07) is 1.13. The van der Waals surface area contributed by atoms with Gasteiger partial charge >= 0.3 is 5.69 Å². The van der Waals surface area contributed by atoms with E-state index >= 15 is 0 Å². The number of H-pyrrole nitrogens is 1. The molecule has 1 saturated heterocycles. The van der Waals surface area contributed by atoms with Crippen molar-refractivity contribution in [1.29, 1.82) is 0 Å². The zero-order valence-electron chi connectivity index (χ0n) is 11.5. The van der Waals surface area contributed by atoms with E-state index in [2.05, 4.69) is 0 Å². The molecule has 0 aliphatic carbocycles. The lowest BCUT2D eigenvalue weighted by molar-refractivity contribution is -0.0892. The van der Waals surface area contributed by atoms with Gasteiger partial charge < -0.3 is 20.1 Å². The van der Waals surface area contributed by atoms with Gasteiger partial charge in [0.05, 0.1) is 6.10 Å². The van der Waals surface area contributed by atoms with E-state index < -0.39 is 41.4 Å². The Balaban J connectivity index is 2.61. The fraction of sp³-hybridized carbons (Fsp3) is 0.538. The summed E-state index contributed by atoms with van der Waals surface area (Å²) < 4.78 is 6.32. The fourth-order valence-corrected chi connectivity index (χ4v) is 2.43. The number of aryl methyl sites for hydroxylation is 1. The number of nitrogens with one attached hydrogen (secondary N) is 1. The van der Waals surface area contributed by atoms with Crippen LogP contribution in [-0.4, -0.2) is 48.8 Å². The molecule has 1 fully saturated rings. The topological polar surface area (TPSA) is 125 Å². The van der Waals surface area contributed by atoms with Gasteiger partial charge in [-0.2, -0.15) is 0 Å². The summed E-state index contributed by atoms with van der Waals surface area (Å²) in [5.74, 6) is 2.01. The molecule has 0 bridgehead atoms. The van der Waals surface area contributed by atoms with Gasteiger partial charge in [-0.25, -0.2) is 4.79 Å². The first-order valence-corrected chi connectivity index (χ1v) is 6.26. The van der Waals surface area contributed by atoms with Crippen LogP contribution < -0.4 is 11.2 Å². The summed E-state index contributed by atoms with van der Waals surface area (Å²) in [7, 11) is 0. The largest absolute Gasteiger partial charge is 0.391 e. The fourth-order valence-electron chi connectivity index (χ4n) is 2.43. The predicted molar refractivity (Wildman–Crippen MR) is 71.4 cm³/mol. The molecule has 2 rings (SSSR count). The molecule has 0 radical (unpaired) electrons. The molecular weight excluding hydrogens is 280 g/mol. The van der Waals surface area contributed by atoms with E-state index in [9.17, 15) is 24.9 Å². The zero-order valence-corrected chi connectivity index (χ0v) is 11.5. The Bertz CT molecular complexity index is 700. The van der Waals surface area contributed by atoms with Crippen molar-refractivity contribution < 1.29 is 20.1 Å². The predicted octanol–water partition coefficient (Wildman–Crippen LogP) is -2.15. The second-order valence-electron chi connectivity index (χ2n) is 5.06. The SMILES string of the molecule is C#CC1(O)C(O)[C@@H]([C@H](C)O)O[C@H]1n1c(C)cc(=O)[nH]c1=O. The zero-order chi connectivity index (χ0) is 15.9. The Labute approximate surface area is 119 Å². The second kappa shape index (κ2) is 5.13. The van der Waals surface area contributed by atoms with Gasteiger partial charge in [-0.3, -0.25) is 14.3 Å². The van der Waals surface area contributed by atoms with E-state index in [1.807, 2.05) is 10.9 Å². The first kappa shape index (κ1) is 15.5. The van der Waals surface area contributed by atoms with Crippen molar-refractivity contribution in [2.24, 2.45) is 0 Å². The maximum Gasteiger partial charge on any atom is 0.330 e. The Morgan fingerprint density at radius 1 is 1.57 bits per heavy atom. The highest BCUT2D eigenvalue weighted by atomic mass is 16.6. The molecule has 2 heterocycles. The van der Waals surface area contributed by atoms with Crippen molar-refractivity contribution in [3.8, 4) is 12.3 Å². The van der Waals surface area contributed by atoms with Gasteiger partial charge in [0.2, 0.25) is 0 Å². The van der Waals surface area contributed by atoms with Gasteiger partial charge in [-0.1, -0.05) is 5.92 Å². The lowest BCUT2D eigenvalue weighted by Gasteiger charge is -2.27. The standard InChI is InChI=1S/C13H16N2O6/c1-4-13(20)10(18)9(7(3)16)21-11(13)15-6(2)5-8(17)14-12(15)19/h1,5,7,9-11,16,18,20H,2-3H3,(H,14,17,19)/t7-,9+,10?,11+,13?/m0/s1. The first-order valence-electron chi connectivity index (χ1n) is 6.26. The molecule has 2 unspecified atom stereocenters. The second-order valence-corrected chi connectivity index (χ2v) is 5.06. The average Bonchev–Trinajstić information content (AvgIpc) is 2.63. The van der Waals surface area contributed by atoms with Crippen LogP contribution >= 0.6 is 0 Å². The molecule has 21 heavy (non-hydrogen) atoms. The third kappa shape index (κ3) is 2.30. The van der Waals surface area contributed by atoms with Crippen molar-refractivity contribution in [2.75, 3.05) is 0 Å². The monoisotopic (exact) mass is 296 g/mol. The highest BCUT2D eigenvalue weighted by molar-refractivity contribution is 5.21. The lowest BCUT2D eigenvalue weighted by Crippen LogP contribution is -2.49. The molecule has 0 aromatic carbocycles. The number of aromatic amines is 1. The van der Waals surface area contributed by atoms with Crippen molar-refractivity contribution >= 4 is 0 Å². The molecule has 0 spiro atoms. The van der Waals surface area contributed by atoms with Gasteiger partial charge in [0.1, 0.15) is 12.2 Å². The van der Waals surface area contributed by atoms with Crippen molar-refractivity contribution in [2.45, 2.75) is 44.0 Å². The minimum absolute atomic E-state index is 0.195. The maximum atomic E-state index is 11.9. The van der Waals surface area contributed by atoms with E-state index in [1.54, 1.807) is 0 Å².